The van der Waals surface area contributed by atoms with Gasteiger partial charge in [0.05, 0.1) is 0 Å². The topological polar surface area (TPSA) is 0 Å². The highest BCUT2D eigenvalue weighted by atomic mass is 79.9. The molecule has 86 valence electrons. The number of hydrogen-bond donors (Lipinski definition) is 0. The van der Waals surface area contributed by atoms with Gasteiger partial charge >= 0.3 is 0 Å². The van der Waals surface area contributed by atoms with Gasteiger partial charge in [0, 0.05) is 5.33 Å². The molecule has 2 aliphatic rings. The van der Waals surface area contributed by atoms with Crippen LogP contribution in [0, 0.1) is 17.3 Å². The summed E-state index contributed by atoms with van der Waals surface area (Å²) in [6.07, 6.45) is 4.32. The van der Waals surface area contributed by atoms with Crippen LogP contribution < -0.4 is 0 Å². The van der Waals surface area contributed by atoms with Gasteiger partial charge < -0.3 is 0 Å². The van der Waals surface area contributed by atoms with E-state index in [0.717, 1.165) is 17.8 Å². The summed E-state index contributed by atoms with van der Waals surface area (Å²) in [5.74, 6) is 2.75. The van der Waals surface area contributed by atoms with Crippen molar-refractivity contribution in [3.05, 3.63) is 35.9 Å². The molecule has 0 amide bonds. The average Bonchev–Trinajstić information content (AvgIpc) is 3.20. The molecule has 1 aromatic carbocycles. The first-order chi connectivity index (χ1) is 7.75. The van der Waals surface area contributed by atoms with Gasteiger partial charge in [-0.3, -0.25) is 0 Å². The number of benzene rings is 1. The fourth-order valence-electron chi connectivity index (χ4n) is 3.25. The predicted octanol–water partition coefficient (Wildman–Crippen LogP) is 4.60. The van der Waals surface area contributed by atoms with Crippen molar-refractivity contribution in [1.29, 1.82) is 0 Å². The smallest absolute Gasteiger partial charge is 0.00908 e. The van der Waals surface area contributed by atoms with E-state index in [1.165, 1.54) is 24.6 Å². The Kier molecular flexibility index (Phi) is 2.62. The summed E-state index contributed by atoms with van der Waals surface area (Å²) in [5.41, 5.74) is 2.11. The summed E-state index contributed by atoms with van der Waals surface area (Å²) in [4.78, 5) is 0. The highest BCUT2D eigenvalue weighted by Crippen LogP contribution is 2.64. The van der Waals surface area contributed by atoms with E-state index in [2.05, 4.69) is 53.2 Å². The van der Waals surface area contributed by atoms with E-state index in [-0.39, 0.29) is 0 Å². The minimum atomic E-state index is 0.556. The largest absolute Gasteiger partial charge is 0.0922 e. The molecule has 0 radical (unpaired) electrons. The lowest BCUT2D eigenvalue weighted by Gasteiger charge is -2.28. The van der Waals surface area contributed by atoms with Crippen molar-refractivity contribution in [2.75, 3.05) is 5.33 Å². The fourth-order valence-corrected chi connectivity index (χ4v) is 4.12. The average molecular weight is 279 g/mol. The Morgan fingerprint density at radius 1 is 1.25 bits per heavy atom. The van der Waals surface area contributed by atoms with Gasteiger partial charge in [0.15, 0.2) is 0 Å². The zero-order valence-corrected chi connectivity index (χ0v) is 11.4. The Balaban J connectivity index is 1.75. The molecule has 0 N–H and O–H groups in total. The lowest BCUT2D eigenvalue weighted by Crippen LogP contribution is -2.24. The van der Waals surface area contributed by atoms with Gasteiger partial charge in [-0.25, -0.2) is 0 Å². The van der Waals surface area contributed by atoms with Crippen LogP contribution in [0.25, 0.3) is 0 Å². The summed E-state index contributed by atoms with van der Waals surface area (Å²) in [6, 6.07) is 11.1. The molecule has 3 rings (SSSR count). The zero-order chi connectivity index (χ0) is 11.2. The van der Waals surface area contributed by atoms with Gasteiger partial charge in [-0.2, -0.15) is 0 Å². The summed E-state index contributed by atoms with van der Waals surface area (Å²) < 4.78 is 0. The maximum absolute atomic E-state index is 3.75. The third kappa shape index (κ3) is 1.73. The van der Waals surface area contributed by atoms with Crippen LogP contribution in [0.5, 0.6) is 0 Å². The van der Waals surface area contributed by atoms with Gasteiger partial charge in [0.25, 0.3) is 0 Å². The molecule has 0 spiro atoms. The van der Waals surface area contributed by atoms with E-state index in [0.29, 0.717) is 5.41 Å². The molecule has 2 fully saturated rings. The summed E-state index contributed by atoms with van der Waals surface area (Å²) >= 11 is 3.75. The maximum atomic E-state index is 3.75. The second-order valence-electron chi connectivity index (χ2n) is 5.77. The lowest BCUT2D eigenvalue weighted by atomic mass is 9.80. The Hall–Kier alpha value is -0.300. The molecule has 1 aromatic rings. The SMILES string of the molecule is CC(CBr)(C1CC1)C1CC1c1ccccc1. The van der Waals surface area contributed by atoms with Crippen LogP contribution in [0.1, 0.15) is 37.7 Å². The van der Waals surface area contributed by atoms with Crippen molar-refractivity contribution >= 4 is 15.9 Å². The molecule has 16 heavy (non-hydrogen) atoms. The predicted molar refractivity (Wildman–Crippen MR) is 71.9 cm³/mol. The summed E-state index contributed by atoms with van der Waals surface area (Å²) in [6.45, 7) is 2.49. The van der Waals surface area contributed by atoms with Gasteiger partial charge in [-0.15, -0.1) is 0 Å². The molecule has 2 aliphatic carbocycles. The molecule has 3 unspecified atom stereocenters. The standard InChI is InChI=1S/C15H19Br/c1-15(10-16,12-7-8-12)14-9-13(14)11-5-3-2-4-6-11/h2-6,12-14H,7-10H2,1H3. The summed E-state index contributed by atoms with van der Waals surface area (Å²) in [7, 11) is 0. The van der Waals surface area contributed by atoms with Crippen LogP contribution in [0.3, 0.4) is 0 Å². The molecule has 0 heterocycles. The minimum absolute atomic E-state index is 0.556. The van der Waals surface area contributed by atoms with E-state index in [1.807, 2.05) is 0 Å². The molecule has 3 atom stereocenters. The van der Waals surface area contributed by atoms with Crippen LogP contribution in [-0.2, 0) is 0 Å². The Labute approximate surface area is 107 Å². The molecule has 0 saturated heterocycles. The normalized spacial score (nSPS) is 32.1. The zero-order valence-electron chi connectivity index (χ0n) is 9.83. The van der Waals surface area contributed by atoms with Crippen LogP contribution >= 0.6 is 15.9 Å². The lowest BCUT2D eigenvalue weighted by molar-refractivity contribution is 0.265. The minimum Gasteiger partial charge on any atom is -0.0922 e. The van der Waals surface area contributed by atoms with Crippen LogP contribution in [0.15, 0.2) is 30.3 Å². The van der Waals surface area contributed by atoms with Crippen molar-refractivity contribution in [2.45, 2.75) is 32.1 Å². The first-order valence-corrected chi connectivity index (χ1v) is 7.49. The van der Waals surface area contributed by atoms with Crippen molar-refractivity contribution in [2.24, 2.45) is 17.3 Å². The molecule has 0 nitrogen and oxygen atoms in total. The third-order valence-electron chi connectivity index (χ3n) is 4.66. The van der Waals surface area contributed by atoms with Crippen molar-refractivity contribution in [3.8, 4) is 0 Å². The Morgan fingerprint density at radius 3 is 2.50 bits per heavy atom. The quantitative estimate of drug-likeness (QED) is 0.706. The second-order valence-corrected chi connectivity index (χ2v) is 6.33. The van der Waals surface area contributed by atoms with E-state index in [4.69, 9.17) is 0 Å². The van der Waals surface area contributed by atoms with Gasteiger partial charge in [-0.1, -0.05) is 53.2 Å². The van der Waals surface area contributed by atoms with E-state index in [9.17, 15) is 0 Å². The third-order valence-corrected chi connectivity index (χ3v) is 5.87. The highest BCUT2D eigenvalue weighted by molar-refractivity contribution is 9.09. The Morgan fingerprint density at radius 2 is 1.94 bits per heavy atom. The summed E-state index contributed by atoms with van der Waals surface area (Å²) in [5, 5.41) is 1.18. The monoisotopic (exact) mass is 278 g/mol. The van der Waals surface area contributed by atoms with Gasteiger partial charge in [0.1, 0.15) is 0 Å². The maximum Gasteiger partial charge on any atom is 0.00908 e. The van der Waals surface area contributed by atoms with Crippen molar-refractivity contribution in [3.63, 3.8) is 0 Å². The van der Waals surface area contributed by atoms with Gasteiger partial charge in [0.2, 0.25) is 0 Å². The van der Waals surface area contributed by atoms with Crippen LogP contribution in [-0.4, -0.2) is 5.33 Å². The fraction of sp³-hybridized carbons (Fsp3) is 0.600. The molecule has 2 saturated carbocycles. The van der Waals surface area contributed by atoms with Crippen LogP contribution in [0.4, 0.5) is 0 Å². The first-order valence-electron chi connectivity index (χ1n) is 6.36. The van der Waals surface area contributed by atoms with Crippen LogP contribution in [0.2, 0.25) is 0 Å². The number of alkyl halides is 1. The van der Waals surface area contributed by atoms with E-state index in [1.54, 1.807) is 5.56 Å². The van der Waals surface area contributed by atoms with Crippen molar-refractivity contribution in [1.82, 2.24) is 0 Å². The molecular weight excluding hydrogens is 260 g/mol. The molecular formula is C15H19Br. The van der Waals surface area contributed by atoms with Gasteiger partial charge in [-0.05, 0) is 48.0 Å². The Bertz CT molecular complexity index is 368. The molecule has 0 aliphatic heterocycles. The molecule has 0 bridgehead atoms. The number of hydrogen-bond acceptors (Lipinski definition) is 0. The molecule has 0 aromatic heterocycles. The van der Waals surface area contributed by atoms with Crippen molar-refractivity contribution < 1.29 is 0 Å². The first kappa shape index (κ1) is 10.8. The highest BCUT2D eigenvalue weighted by Gasteiger charge is 2.55. The molecule has 1 heteroatoms. The number of rotatable bonds is 4. The van der Waals surface area contributed by atoms with E-state index < -0.39 is 0 Å². The second kappa shape index (κ2) is 3.87. The van der Waals surface area contributed by atoms with E-state index >= 15 is 0 Å². The number of halogens is 1.